The van der Waals surface area contributed by atoms with Gasteiger partial charge in [-0.15, -0.1) is 11.8 Å². The van der Waals surface area contributed by atoms with E-state index >= 15 is 0 Å². The first-order chi connectivity index (χ1) is 10.8. The van der Waals surface area contributed by atoms with E-state index in [-0.39, 0.29) is 10.8 Å². The van der Waals surface area contributed by atoms with Crippen molar-refractivity contribution in [1.29, 1.82) is 0 Å². The highest BCUT2D eigenvalue weighted by atomic mass is 32.2. The third kappa shape index (κ3) is 3.60. The fraction of sp³-hybridized carbons (Fsp3) is 0.714. The summed E-state index contributed by atoms with van der Waals surface area (Å²) in [7, 11) is 0. The van der Waals surface area contributed by atoms with Gasteiger partial charge in [0, 0.05) is 18.7 Å². The zero-order valence-electron chi connectivity index (χ0n) is 13.4. The second-order valence-corrected chi connectivity index (χ2v) is 7.19. The van der Waals surface area contributed by atoms with Gasteiger partial charge in [-0.3, -0.25) is 14.9 Å². The molecule has 2 saturated heterocycles. The summed E-state index contributed by atoms with van der Waals surface area (Å²) >= 11 is 1.55. The molecule has 0 radical (unpaired) electrons. The molecule has 0 spiro atoms. The lowest BCUT2D eigenvalue weighted by Gasteiger charge is -2.29. The van der Waals surface area contributed by atoms with Gasteiger partial charge in [-0.25, -0.2) is 9.59 Å². The Bertz CT molecular complexity index is 541. The number of urea groups is 1. The molecule has 2 aliphatic rings. The van der Waals surface area contributed by atoms with Gasteiger partial charge in [-0.2, -0.15) is 0 Å². The molecule has 4 amide bonds. The van der Waals surface area contributed by atoms with Gasteiger partial charge in [-0.1, -0.05) is 0 Å². The molecule has 128 valence electrons. The molecule has 0 aromatic carbocycles. The number of ether oxygens (including phenoxy) is 1. The second-order valence-electron chi connectivity index (χ2n) is 5.69. The summed E-state index contributed by atoms with van der Waals surface area (Å²) in [4.78, 5) is 48.6. The molecule has 2 fully saturated rings. The minimum atomic E-state index is -1.11. The predicted molar refractivity (Wildman–Crippen MR) is 83.5 cm³/mol. The van der Waals surface area contributed by atoms with E-state index in [2.05, 4.69) is 10.6 Å². The van der Waals surface area contributed by atoms with Crippen molar-refractivity contribution in [3.05, 3.63) is 0 Å². The van der Waals surface area contributed by atoms with E-state index in [4.69, 9.17) is 4.74 Å². The van der Waals surface area contributed by atoms with Crippen molar-refractivity contribution >= 4 is 35.6 Å². The van der Waals surface area contributed by atoms with Crippen LogP contribution in [0.15, 0.2) is 0 Å². The van der Waals surface area contributed by atoms with Crippen molar-refractivity contribution in [3.63, 3.8) is 0 Å². The van der Waals surface area contributed by atoms with Crippen LogP contribution in [0.4, 0.5) is 4.79 Å². The number of amides is 4. The van der Waals surface area contributed by atoms with E-state index in [1.165, 1.54) is 6.92 Å². The normalized spacial score (nSPS) is 27.3. The van der Waals surface area contributed by atoms with Crippen LogP contribution in [0.2, 0.25) is 0 Å². The lowest BCUT2D eigenvalue weighted by atomic mass is 10.2. The molecule has 8 nitrogen and oxygen atoms in total. The van der Waals surface area contributed by atoms with Crippen molar-refractivity contribution < 1.29 is 23.9 Å². The molecule has 0 saturated carbocycles. The average Bonchev–Trinajstić information content (AvgIpc) is 2.96. The molecule has 0 aromatic rings. The summed E-state index contributed by atoms with van der Waals surface area (Å²) in [6.45, 7) is 5.41. The SMILES string of the molecule is CCNC(=O)NC(=O)[C@H](C)OC(=O)[C@H]1CS[C@]2(C)CCC(=O)N12. The Hall–Kier alpha value is -1.77. The molecule has 0 bridgehead atoms. The minimum Gasteiger partial charge on any atom is -0.451 e. The van der Waals surface area contributed by atoms with Gasteiger partial charge in [0.1, 0.15) is 6.04 Å². The number of thioether (sulfide) groups is 1. The van der Waals surface area contributed by atoms with Gasteiger partial charge in [0.15, 0.2) is 6.10 Å². The van der Waals surface area contributed by atoms with Gasteiger partial charge in [-0.05, 0) is 27.2 Å². The number of hydrogen-bond acceptors (Lipinski definition) is 6. The maximum atomic E-state index is 12.3. The molecular weight excluding hydrogens is 322 g/mol. The first-order valence-electron chi connectivity index (χ1n) is 7.54. The molecule has 23 heavy (non-hydrogen) atoms. The summed E-state index contributed by atoms with van der Waals surface area (Å²) in [6, 6.07) is -1.32. The standard InChI is InChI=1S/C14H21N3O5S/c1-4-15-13(21)16-11(19)8(2)22-12(20)9-7-23-14(3)6-5-10(18)17(9)14/h8-9H,4-7H2,1-3H3,(H2,15,16,19,21)/t8-,9+,14+/m0/s1. The topological polar surface area (TPSA) is 105 Å². The molecular formula is C14H21N3O5S. The summed E-state index contributed by atoms with van der Waals surface area (Å²) in [6.07, 6.45) is 0.00765. The van der Waals surface area contributed by atoms with Crippen LogP contribution >= 0.6 is 11.8 Å². The van der Waals surface area contributed by atoms with Crippen LogP contribution in [0.5, 0.6) is 0 Å². The second kappa shape index (κ2) is 6.77. The third-order valence-corrected chi connectivity index (χ3v) is 5.46. The fourth-order valence-corrected chi connectivity index (χ4v) is 4.14. The van der Waals surface area contributed by atoms with Crippen LogP contribution < -0.4 is 10.6 Å². The van der Waals surface area contributed by atoms with Crippen LogP contribution in [-0.4, -0.2) is 58.0 Å². The molecule has 2 aliphatic heterocycles. The molecule has 0 aliphatic carbocycles. The highest BCUT2D eigenvalue weighted by Gasteiger charge is 2.53. The van der Waals surface area contributed by atoms with E-state index in [1.807, 2.05) is 6.92 Å². The Morgan fingerprint density at radius 1 is 1.48 bits per heavy atom. The Labute approximate surface area is 138 Å². The monoisotopic (exact) mass is 343 g/mol. The Morgan fingerprint density at radius 2 is 2.17 bits per heavy atom. The smallest absolute Gasteiger partial charge is 0.330 e. The third-order valence-electron chi connectivity index (χ3n) is 3.95. The zero-order chi connectivity index (χ0) is 17.2. The van der Waals surface area contributed by atoms with Crippen molar-refractivity contribution in [2.45, 2.75) is 50.6 Å². The molecule has 0 aromatic heterocycles. The Morgan fingerprint density at radius 3 is 2.83 bits per heavy atom. The van der Waals surface area contributed by atoms with Gasteiger partial charge < -0.3 is 15.0 Å². The van der Waals surface area contributed by atoms with E-state index in [0.29, 0.717) is 25.1 Å². The van der Waals surface area contributed by atoms with E-state index in [9.17, 15) is 19.2 Å². The number of fused-ring (bicyclic) bond motifs is 1. The highest BCUT2D eigenvalue weighted by molar-refractivity contribution is 8.01. The molecule has 2 heterocycles. The van der Waals surface area contributed by atoms with Crippen LogP contribution in [0.1, 0.15) is 33.6 Å². The van der Waals surface area contributed by atoms with E-state index in [1.54, 1.807) is 23.6 Å². The molecule has 2 N–H and O–H groups in total. The summed E-state index contributed by atoms with van der Waals surface area (Å²) in [5.41, 5.74) is 0. The van der Waals surface area contributed by atoms with Crippen LogP contribution in [-0.2, 0) is 19.1 Å². The minimum absolute atomic E-state index is 0.0705. The largest absolute Gasteiger partial charge is 0.451 e. The Balaban J connectivity index is 1.93. The maximum Gasteiger partial charge on any atom is 0.330 e. The number of nitrogens with zero attached hydrogens (tertiary/aromatic N) is 1. The average molecular weight is 343 g/mol. The Kier molecular flexibility index (Phi) is 5.18. The number of carbonyl (C=O) groups excluding carboxylic acids is 4. The van der Waals surface area contributed by atoms with E-state index in [0.717, 1.165) is 0 Å². The first-order valence-corrected chi connectivity index (χ1v) is 8.52. The van der Waals surface area contributed by atoms with Crippen LogP contribution in [0.25, 0.3) is 0 Å². The number of hydrogen-bond donors (Lipinski definition) is 2. The first kappa shape index (κ1) is 17.6. The number of esters is 1. The summed E-state index contributed by atoms with van der Waals surface area (Å²) in [5, 5.41) is 4.50. The van der Waals surface area contributed by atoms with Crippen LogP contribution in [0.3, 0.4) is 0 Å². The zero-order valence-corrected chi connectivity index (χ0v) is 14.2. The van der Waals surface area contributed by atoms with Crippen LogP contribution in [0, 0.1) is 0 Å². The van der Waals surface area contributed by atoms with Gasteiger partial charge in [0.05, 0.1) is 4.87 Å². The fourth-order valence-electron chi connectivity index (χ4n) is 2.72. The van der Waals surface area contributed by atoms with Gasteiger partial charge in [0.2, 0.25) is 5.91 Å². The predicted octanol–water partition coefficient (Wildman–Crippen LogP) is 0.218. The summed E-state index contributed by atoms with van der Waals surface area (Å²) in [5.74, 6) is -0.939. The van der Waals surface area contributed by atoms with Crippen molar-refractivity contribution in [2.75, 3.05) is 12.3 Å². The molecule has 3 atom stereocenters. The number of imide groups is 1. The number of carbonyl (C=O) groups is 4. The summed E-state index contributed by atoms with van der Waals surface area (Å²) < 4.78 is 5.14. The van der Waals surface area contributed by atoms with Gasteiger partial charge >= 0.3 is 12.0 Å². The van der Waals surface area contributed by atoms with Crippen molar-refractivity contribution in [1.82, 2.24) is 15.5 Å². The van der Waals surface area contributed by atoms with Crippen molar-refractivity contribution in [3.8, 4) is 0 Å². The molecule has 0 unspecified atom stereocenters. The van der Waals surface area contributed by atoms with Crippen molar-refractivity contribution in [2.24, 2.45) is 0 Å². The molecule has 2 rings (SSSR count). The lowest BCUT2D eigenvalue weighted by Crippen LogP contribution is -2.49. The number of rotatable bonds is 4. The quantitative estimate of drug-likeness (QED) is 0.708. The van der Waals surface area contributed by atoms with Gasteiger partial charge in [0.25, 0.3) is 5.91 Å². The highest BCUT2D eigenvalue weighted by Crippen LogP contribution is 2.47. The molecule has 9 heteroatoms. The van der Waals surface area contributed by atoms with E-state index < -0.39 is 30.1 Å². The lowest BCUT2D eigenvalue weighted by molar-refractivity contribution is -0.161. The maximum absolute atomic E-state index is 12.3. The number of nitrogens with one attached hydrogen (secondary N) is 2.